The molecule has 6 nitrogen and oxygen atoms in total. The van der Waals surface area contributed by atoms with Gasteiger partial charge in [0.15, 0.2) is 10.1 Å². The third-order valence-electron chi connectivity index (χ3n) is 4.86. The summed E-state index contributed by atoms with van der Waals surface area (Å²) >= 11 is 7.82. The summed E-state index contributed by atoms with van der Waals surface area (Å²) in [6.07, 6.45) is 1.97. The van der Waals surface area contributed by atoms with Crippen molar-refractivity contribution in [3.8, 4) is 0 Å². The number of hydrogen-bond donors (Lipinski definition) is 0. The molecule has 0 bridgehead atoms. The number of fused-ring (bicyclic) bond motifs is 1. The van der Waals surface area contributed by atoms with Crippen molar-refractivity contribution in [2.75, 3.05) is 39.8 Å². The summed E-state index contributed by atoms with van der Waals surface area (Å²) in [5.74, 6) is 0.190. The van der Waals surface area contributed by atoms with Gasteiger partial charge in [0.1, 0.15) is 0 Å². The molecule has 0 unspecified atom stereocenters. The molecule has 0 saturated carbocycles. The van der Waals surface area contributed by atoms with Gasteiger partial charge in [-0.25, -0.2) is 4.98 Å². The van der Waals surface area contributed by atoms with Crippen LogP contribution in [0.2, 0.25) is 5.15 Å². The molecule has 24 heavy (non-hydrogen) atoms. The Hall–Kier alpha value is -1.15. The lowest BCUT2D eigenvalue weighted by Crippen LogP contribution is -2.53. The summed E-state index contributed by atoms with van der Waals surface area (Å²) in [7, 11) is 1.97. The Kier molecular flexibility index (Phi) is 5.44. The minimum Gasteiger partial charge on any atom is -0.339 e. The molecule has 1 atom stereocenters. The highest BCUT2D eigenvalue weighted by atomic mass is 35.5. The van der Waals surface area contributed by atoms with Gasteiger partial charge >= 0.3 is 0 Å². The van der Waals surface area contributed by atoms with Crippen LogP contribution in [-0.4, -0.2) is 75.8 Å². The van der Waals surface area contributed by atoms with Crippen LogP contribution in [0.15, 0.2) is 11.6 Å². The van der Waals surface area contributed by atoms with Crippen molar-refractivity contribution in [1.82, 2.24) is 24.1 Å². The molecular weight excluding hydrogens is 346 g/mol. The van der Waals surface area contributed by atoms with Gasteiger partial charge in [0.25, 0.3) is 0 Å². The lowest BCUT2D eigenvalue weighted by Gasteiger charge is -2.37. The second kappa shape index (κ2) is 7.39. The summed E-state index contributed by atoms with van der Waals surface area (Å²) in [5.41, 5.74) is 0.936. The fourth-order valence-electron chi connectivity index (χ4n) is 3.06. The van der Waals surface area contributed by atoms with Gasteiger partial charge in [-0.05, 0) is 20.5 Å². The van der Waals surface area contributed by atoms with E-state index in [9.17, 15) is 4.79 Å². The molecule has 2 aromatic rings. The summed E-state index contributed by atoms with van der Waals surface area (Å²) in [6, 6.07) is -0.182. The Balaban J connectivity index is 1.64. The Morgan fingerprint density at radius 3 is 2.79 bits per heavy atom. The topological polar surface area (TPSA) is 44.1 Å². The lowest BCUT2D eigenvalue weighted by molar-refractivity contribution is -0.137. The van der Waals surface area contributed by atoms with Crippen molar-refractivity contribution in [1.29, 1.82) is 0 Å². The van der Waals surface area contributed by atoms with Crippen LogP contribution in [0.1, 0.15) is 19.5 Å². The molecule has 1 fully saturated rings. The Morgan fingerprint density at radius 2 is 2.12 bits per heavy atom. The van der Waals surface area contributed by atoms with Crippen LogP contribution < -0.4 is 0 Å². The number of hydrogen-bond acceptors (Lipinski definition) is 5. The first-order valence-electron chi connectivity index (χ1n) is 8.32. The predicted molar refractivity (Wildman–Crippen MR) is 97.7 cm³/mol. The first-order valence-corrected chi connectivity index (χ1v) is 9.58. The zero-order valence-corrected chi connectivity index (χ0v) is 16.0. The van der Waals surface area contributed by atoms with Crippen LogP contribution in [0.3, 0.4) is 0 Å². The summed E-state index contributed by atoms with van der Waals surface area (Å²) in [6.45, 7) is 9.32. The standard InChI is InChI=1S/C16H24ClN5OS/c1-4-20-5-7-21(8-6-20)15(23)12(2)19(3)11-13-14(17)18-16-22(13)9-10-24-16/h9-10,12H,4-8,11H2,1-3H3/t12-/m0/s1. The quantitative estimate of drug-likeness (QED) is 0.809. The van der Waals surface area contributed by atoms with Crippen LogP contribution in [0.25, 0.3) is 4.96 Å². The second-order valence-corrected chi connectivity index (χ2v) is 7.49. The summed E-state index contributed by atoms with van der Waals surface area (Å²) < 4.78 is 2.00. The third-order valence-corrected chi connectivity index (χ3v) is 5.92. The van der Waals surface area contributed by atoms with Crippen LogP contribution in [-0.2, 0) is 11.3 Å². The van der Waals surface area contributed by atoms with Crippen molar-refractivity contribution in [3.05, 3.63) is 22.4 Å². The minimum absolute atomic E-state index is 0.182. The van der Waals surface area contributed by atoms with E-state index in [0.29, 0.717) is 11.7 Å². The smallest absolute Gasteiger partial charge is 0.239 e. The molecule has 1 aliphatic heterocycles. The molecule has 0 aromatic carbocycles. The van der Waals surface area contributed by atoms with Gasteiger partial charge in [-0.15, -0.1) is 11.3 Å². The normalized spacial score (nSPS) is 17.8. The van der Waals surface area contributed by atoms with E-state index in [-0.39, 0.29) is 11.9 Å². The number of likely N-dealkylation sites (N-methyl/N-ethyl adjacent to an activating group) is 2. The van der Waals surface area contributed by atoms with E-state index >= 15 is 0 Å². The molecule has 132 valence electrons. The van der Waals surface area contributed by atoms with Crippen molar-refractivity contribution in [2.45, 2.75) is 26.4 Å². The number of aromatic nitrogens is 2. The number of halogens is 1. The maximum absolute atomic E-state index is 12.8. The van der Waals surface area contributed by atoms with E-state index in [1.165, 1.54) is 0 Å². The number of amides is 1. The van der Waals surface area contributed by atoms with E-state index < -0.39 is 0 Å². The molecule has 8 heteroatoms. The molecule has 0 aliphatic carbocycles. The van der Waals surface area contributed by atoms with E-state index in [0.717, 1.165) is 43.4 Å². The zero-order chi connectivity index (χ0) is 17.3. The average molecular weight is 370 g/mol. The Bertz CT molecular complexity index is 706. The molecule has 0 N–H and O–H groups in total. The molecule has 1 saturated heterocycles. The van der Waals surface area contributed by atoms with Gasteiger partial charge in [-0.3, -0.25) is 14.1 Å². The highest BCUT2D eigenvalue weighted by Gasteiger charge is 2.27. The second-order valence-electron chi connectivity index (χ2n) is 6.26. The van der Waals surface area contributed by atoms with Crippen molar-refractivity contribution in [2.24, 2.45) is 0 Å². The first kappa shape index (κ1) is 17.7. The SMILES string of the molecule is CCN1CCN(C(=O)[C@H](C)N(C)Cc2c(Cl)nc3sccn23)CC1. The van der Waals surface area contributed by atoms with Gasteiger partial charge in [0.05, 0.1) is 11.7 Å². The molecule has 0 radical (unpaired) electrons. The number of imidazole rings is 1. The van der Waals surface area contributed by atoms with Gasteiger partial charge in [-0.2, -0.15) is 0 Å². The van der Waals surface area contributed by atoms with Crippen molar-refractivity contribution < 1.29 is 4.79 Å². The van der Waals surface area contributed by atoms with E-state index in [2.05, 4.69) is 16.8 Å². The molecule has 1 amide bonds. The molecule has 0 spiro atoms. The lowest BCUT2D eigenvalue weighted by atomic mass is 10.2. The number of nitrogens with zero attached hydrogens (tertiary/aromatic N) is 5. The Morgan fingerprint density at radius 1 is 1.42 bits per heavy atom. The molecular formula is C16H24ClN5OS. The average Bonchev–Trinajstić information content (AvgIpc) is 3.16. The number of carbonyl (C=O) groups is 1. The van der Waals surface area contributed by atoms with Gasteiger partial charge in [0, 0.05) is 44.3 Å². The van der Waals surface area contributed by atoms with Gasteiger partial charge < -0.3 is 9.80 Å². The number of rotatable bonds is 5. The zero-order valence-electron chi connectivity index (χ0n) is 14.4. The highest BCUT2D eigenvalue weighted by molar-refractivity contribution is 7.15. The van der Waals surface area contributed by atoms with Gasteiger partial charge in [0.2, 0.25) is 5.91 Å². The molecule has 3 rings (SSSR count). The fraction of sp³-hybridized carbons (Fsp3) is 0.625. The first-order chi connectivity index (χ1) is 11.5. The summed E-state index contributed by atoms with van der Waals surface area (Å²) in [4.78, 5) is 24.4. The molecule has 2 aromatic heterocycles. The number of thiazole rings is 1. The van der Waals surface area contributed by atoms with Crippen LogP contribution in [0.4, 0.5) is 0 Å². The summed E-state index contributed by atoms with van der Waals surface area (Å²) in [5, 5.41) is 2.51. The Labute approximate surface area is 151 Å². The van der Waals surface area contributed by atoms with Gasteiger partial charge in [-0.1, -0.05) is 18.5 Å². The van der Waals surface area contributed by atoms with E-state index in [1.54, 1.807) is 11.3 Å². The van der Waals surface area contributed by atoms with Crippen LogP contribution in [0, 0.1) is 0 Å². The maximum atomic E-state index is 12.8. The molecule has 1 aliphatic rings. The third kappa shape index (κ3) is 3.44. The monoisotopic (exact) mass is 369 g/mol. The van der Waals surface area contributed by atoms with Crippen molar-refractivity contribution >= 4 is 33.8 Å². The highest BCUT2D eigenvalue weighted by Crippen LogP contribution is 2.23. The van der Waals surface area contributed by atoms with E-state index in [4.69, 9.17) is 11.6 Å². The number of carbonyl (C=O) groups excluding carboxylic acids is 1. The minimum atomic E-state index is -0.182. The maximum Gasteiger partial charge on any atom is 0.239 e. The van der Waals surface area contributed by atoms with Crippen molar-refractivity contribution in [3.63, 3.8) is 0 Å². The van der Waals surface area contributed by atoms with E-state index in [1.807, 2.05) is 39.7 Å². The molecule has 3 heterocycles. The predicted octanol–water partition coefficient (Wildman–Crippen LogP) is 2.03. The van der Waals surface area contributed by atoms with Crippen LogP contribution >= 0.6 is 22.9 Å². The fourth-order valence-corrected chi connectivity index (χ4v) is 4.07. The van der Waals surface area contributed by atoms with Crippen LogP contribution in [0.5, 0.6) is 0 Å². The largest absolute Gasteiger partial charge is 0.339 e. The number of piperazine rings is 1.